The third kappa shape index (κ3) is 8.36. The van der Waals surface area contributed by atoms with Crippen molar-refractivity contribution in [2.24, 2.45) is 0 Å². The van der Waals surface area contributed by atoms with Crippen molar-refractivity contribution in [1.82, 2.24) is 0 Å². The van der Waals surface area contributed by atoms with E-state index in [2.05, 4.69) is 47.8 Å². The highest BCUT2D eigenvalue weighted by Crippen LogP contribution is 2.45. The molecule has 6 heteroatoms. The van der Waals surface area contributed by atoms with Crippen molar-refractivity contribution in [3.63, 3.8) is 0 Å². The number of anilines is 2. The first-order valence-corrected chi connectivity index (χ1v) is 17.4. The van der Waals surface area contributed by atoms with Crippen LogP contribution in [0.2, 0.25) is 0 Å². The van der Waals surface area contributed by atoms with Crippen LogP contribution in [0.4, 0.5) is 11.4 Å². The van der Waals surface area contributed by atoms with Crippen LogP contribution >= 0.6 is 21.6 Å². The Balaban J connectivity index is 1.39. The van der Waals surface area contributed by atoms with Gasteiger partial charge in [-0.15, -0.1) is 0 Å². The van der Waals surface area contributed by atoms with E-state index in [0.29, 0.717) is 11.6 Å². The molecule has 0 spiro atoms. The number of rotatable bonds is 9. The zero-order valence-electron chi connectivity index (χ0n) is 23.8. The van der Waals surface area contributed by atoms with Gasteiger partial charge in [-0.3, -0.25) is 4.79 Å². The largest absolute Gasteiger partial charge is 0.507 e. The number of carbonyl (C=O) groups is 1. The van der Waals surface area contributed by atoms with Gasteiger partial charge < -0.3 is 15.3 Å². The van der Waals surface area contributed by atoms with Crippen molar-refractivity contribution >= 4 is 44.6 Å². The third-order valence-electron chi connectivity index (χ3n) is 8.20. The predicted octanol–water partition coefficient (Wildman–Crippen LogP) is 10.3. The fraction of sp³-hybridized carbons (Fsp3) is 0.400. The minimum absolute atomic E-state index is 0.00671. The molecule has 216 valence electrons. The van der Waals surface area contributed by atoms with Crippen LogP contribution in [0.3, 0.4) is 0 Å². The molecule has 5 rings (SSSR count). The second-order valence-corrected chi connectivity index (χ2v) is 13.4. The molecule has 0 aromatic heterocycles. The van der Waals surface area contributed by atoms with Crippen molar-refractivity contribution in [2.45, 2.75) is 98.9 Å². The smallest absolute Gasteiger partial charge is 0.255 e. The molecule has 0 bridgehead atoms. The normalized spacial score (nSPS) is 17.4. The molecule has 2 aliphatic carbocycles. The minimum atomic E-state index is -0.160. The highest BCUT2D eigenvalue weighted by Gasteiger charge is 2.28. The Kier molecular flexibility index (Phi) is 11.1. The number of hydrogen-bond donors (Lipinski definition) is 2. The quantitative estimate of drug-likeness (QED) is 0.113. The molecule has 0 atom stereocenters. The predicted molar refractivity (Wildman–Crippen MR) is 176 cm³/mol. The lowest BCUT2D eigenvalue weighted by Crippen LogP contribution is -2.40. The van der Waals surface area contributed by atoms with Gasteiger partial charge in [0.15, 0.2) is 0 Å². The number of carbonyl (C=O) groups excluding carboxylic acids is 1. The SMILES string of the molecule is O=C(/C=C(\O)c1ccccc1)N(c1ccccc1SSc1ccccc1NC1CCCCCC1)C1CCCCCC1. The fourth-order valence-electron chi connectivity index (χ4n) is 6.01. The van der Waals surface area contributed by atoms with E-state index in [9.17, 15) is 9.90 Å². The molecule has 2 fully saturated rings. The monoisotopic (exact) mass is 586 g/mol. The Morgan fingerprint density at radius 2 is 1.27 bits per heavy atom. The van der Waals surface area contributed by atoms with Gasteiger partial charge in [0.05, 0.1) is 5.69 Å². The number of nitrogens with zero attached hydrogens (tertiary/aromatic N) is 1. The van der Waals surface area contributed by atoms with E-state index in [1.54, 1.807) is 21.6 Å². The number of amides is 1. The van der Waals surface area contributed by atoms with Gasteiger partial charge in [-0.2, -0.15) is 0 Å². The molecule has 0 radical (unpaired) electrons. The number of nitrogens with one attached hydrogen (secondary N) is 1. The van der Waals surface area contributed by atoms with Crippen molar-refractivity contribution < 1.29 is 9.90 Å². The Morgan fingerprint density at radius 1 is 0.707 bits per heavy atom. The van der Waals surface area contributed by atoms with E-state index in [0.717, 1.165) is 36.3 Å². The summed E-state index contributed by atoms with van der Waals surface area (Å²) in [5.41, 5.74) is 2.77. The number of aliphatic hydroxyl groups is 1. The molecule has 2 N–H and O–H groups in total. The first kappa shape index (κ1) is 29.7. The van der Waals surface area contributed by atoms with Crippen LogP contribution in [0.25, 0.3) is 5.76 Å². The summed E-state index contributed by atoms with van der Waals surface area (Å²) >= 11 is 0. The molecule has 0 unspecified atom stereocenters. The van der Waals surface area contributed by atoms with Gasteiger partial charge in [0, 0.05) is 39.2 Å². The summed E-state index contributed by atoms with van der Waals surface area (Å²) in [6, 6.07) is 26.8. The lowest BCUT2D eigenvalue weighted by molar-refractivity contribution is -0.114. The van der Waals surface area contributed by atoms with Crippen LogP contribution in [0, 0.1) is 0 Å². The number of para-hydroxylation sites is 2. The molecule has 3 aromatic carbocycles. The van der Waals surface area contributed by atoms with E-state index in [-0.39, 0.29) is 17.7 Å². The molecule has 2 saturated carbocycles. The third-order valence-corrected chi connectivity index (χ3v) is 10.7. The van der Waals surface area contributed by atoms with Crippen LogP contribution in [-0.2, 0) is 4.79 Å². The second kappa shape index (κ2) is 15.4. The van der Waals surface area contributed by atoms with Gasteiger partial charge in [-0.1, -0.05) is 128 Å². The molecule has 1 amide bonds. The first-order chi connectivity index (χ1) is 20.2. The fourth-order valence-corrected chi connectivity index (χ4v) is 8.32. The van der Waals surface area contributed by atoms with Crippen LogP contribution < -0.4 is 10.2 Å². The van der Waals surface area contributed by atoms with Gasteiger partial charge in [-0.05, 0) is 49.9 Å². The maximum absolute atomic E-state index is 13.9. The standard InChI is InChI=1S/C35H42N2O2S2/c38-32(27-16-6-5-7-17-27)26-35(39)37(29-20-10-3-4-11-21-29)31-23-13-15-25-34(31)41-40-33-24-14-12-22-30(33)36-28-18-8-1-2-9-19-28/h5-7,12-17,22-26,28-29,36,38H,1-4,8-11,18-21H2/b32-26-. The molecule has 41 heavy (non-hydrogen) atoms. The van der Waals surface area contributed by atoms with Crippen LogP contribution in [-0.4, -0.2) is 23.1 Å². The van der Waals surface area contributed by atoms with Gasteiger partial charge in [-0.25, -0.2) is 0 Å². The summed E-state index contributed by atoms with van der Waals surface area (Å²) < 4.78 is 0. The van der Waals surface area contributed by atoms with Gasteiger partial charge >= 0.3 is 0 Å². The van der Waals surface area contributed by atoms with E-state index in [1.165, 1.54) is 68.0 Å². The van der Waals surface area contributed by atoms with Crippen molar-refractivity contribution in [3.05, 3.63) is 90.5 Å². The summed E-state index contributed by atoms with van der Waals surface area (Å²) in [6.45, 7) is 0. The van der Waals surface area contributed by atoms with Crippen molar-refractivity contribution in [2.75, 3.05) is 10.2 Å². The van der Waals surface area contributed by atoms with Crippen molar-refractivity contribution in [1.29, 1.82) is 0 Å². The van der Waals surface area contributed by atoms with Gasteiger partial charge in [0.2, 0.25) is 0 Å². The van der Waals surface area contributed by atoms with Crippen LogP contribution in [0.5, 0.6) is 0 Å². The Bertz CT molecular complexity index is 1280. The maximum Gasteiger partial charge on any atom is 0.255 e. The van der Waals surface area contributed by atoms with Crippen LogP contribution in [0.1, 0.15) is 82.6 Å². The van der Waals surface area contributed by atoms with Gasteiger partial charge in [0.1, 0.15) is 5.76 Å². The maximum atomic E-state index is 13.9. The Labute approximate surface area is 253 Å². The first-order valence-electron chi connectivity index (χ1n) is 15.3. The number of aliphatic hydroxyl groups excluding tert-OH is 1. The molecule has 3 aromatic rings. The zero-order chi connectivity index (χ0) is 28.3. The summed E-state index contributed by atoms with van der Waals surface area (Å²) in [6.07, 6.45) is 15.8. The summed E-state index contributed by atoms with van der Waals surface area (Å²) in [4.78, 5) is 18.2. The second-order valence-electron chi connectivity index (χ2n) is 11.2. The Hall–Kier alpha value is -2.83. The average molecular weight is 587 g/mol. The highest BCUT2D eigenvalue weighted by atomic mass is 33.1. The van der Waals surface area contributed by atoms with Gasteiger partial charge in [0.25, 0.3) is 5.91 Å². The average Bonchev–Trinajstić information content (AvgIpc) is 3.43. The highest BCUT2D eigenvalue weighted by molar-refractivity contribution is 8.76. The Morgan fingerprint density at radius 3 is 1.98 bits per heavy atom. The molecule has 0 saturated heterocycles. The lowest BCUT2D eigenvalue weighted by Gasteiger charge is -2.32. The lowest BCUT2D eigenvalue weighted by atomic mass is 10.1. The topological polar surface area (TPSA) is 52.6 Å². The molecule has 0 aliphatic heterocycles. The van der Waals surface area contributed by atoms with Crippen molar-refractivity contribution in [3.8, 4) is 0 Å². The molecule has 4 nitrogen and oxygen atoms in total. The van der Waals surface area contributed by atoms with Crippen LogP contribution in [0.15, 0.2) is 94.7 Å². The minimum Gasteiger partial charge on any atom is -0.507 e. The van der Waals surface area contributed by atoms with E-state index in [4.69, 9.17) is 0 Å². The molecular formula is C35H42N2O2S2. The van der Waals surface area contributed by atoms with E-state index in [1.807, 2.05) is 41.3 Å². The molecular weight excluding hydrogens is 545 g/mol. The van der Waals surface area contributed by atoms with E-state index < -0.39 is 0 Å². The van der Waals surface area contributed by atoms with E-state index >= 15 is 0 Å². The zero-order valence-corrected chi connectivity index (χ0v) is 25.5. The summed E-state index contributed by atoms with van der Waals surface area (Å²) in [7, 11) is 3.46. The summed E-state index contributed by atoms with van der Waals surface area (Å²) in [5, 5.41) is 14.7. The number of hydrogen-bond acceptors (Lipinski definition) is 5. The number of benzene rings is 3. The molecule has 2 aliphatic rings. The molecule has 0 heterocycles. The summed E-state index contributed by atoms with van der Waals surface area (Å²) in [5.74, 6) is -0.154.